The van der Waals surface area contributed by atoms with E-state index >= 15 is 0 Å². The van der Waals surface area contributed by atoms with Crippen LogP contribution in [-0.4, -0.2) is 60.9 Å². The van der Waals surface area contributed by atoms with Crippen molar-refractivity contribution in [2.45, 2.75) is 12.8 Å². The van der Waals surface area contributed by atoms with Gasteiger partial charge in [0.1, 0.15) is 17.4 Å². The second-order valence-corrected chi connectivity index (χ2v) is 7.63. The van der Waals surface area contributed by atoms with Crippen molar-refractivity contribution in [1.82, 2.24) is 9.97 Å². The first-order chi connectivity index (χ1) is 14.7. The van der Waals surface area contributed by atoms with Crippen LogP contribution in [0.1, 0.15) is 18.4 Å². The average molecular weight is 411 g/mol. The fraction of sp³-hybridized carbons (Fsp3) is 0.476. The molecule has 1 aromatic heterocycles. The van der Waals surface area contributed by atoms with Gasteiger partial charge in [0, 0.05) is 45.0 Å². The molecule has 0 atom stereocenters. The van der Waals surface area contributed by atoms with Crippen molar-refractivity contribution < 1.29 is 9.50 Å². The number of nitriles is 1. The van der Waals surface area contributed by atoms with E-state index in [1.165, 1.54) is 25.0 Å². The van der Waals surface area contributed by atoms with Gasteiger partial charge in [0.2, 0.25) is 5.95 Å². The van der Waals surface area contributed by atoms with Crippen LogP contribution in [0.4, 0.5) is 27.7 Å². The van der Waals surface area contributed by atoms with Gasteiger partial charge in [-0.25, -0.2) is 4.39 Å². The van der Waals surface area contributed by atoms with Gasteiger partial charge in [-0.1, -0.05) is 0 Å². The summed E-state index contributed by atoms with van der Waals surface area (Å²) in [7, 11) is 0. The third-order valence-electron chi connectivity index (χ3n) is 5.42. The summed E-state index contributed by atoms with van der Waals surface area (Å²) in [5, 5.41) is 25.3. The number of benzene rings is 1. The number of halogens is 1. The molecule has 1 aliphatic carbocycles. The number of nitrogens with one attached hydrogen (secondary N) is 2. The quantitative estimate of drug-likeness (QED) is 0.607. The Hall–Kier alpha value is -3.12. The molecule has 3 N–H and O–H groups in total. The van der Waals surface area contributed by atoms with Crippen molar-refractivity contribution in [3.05, 3.63) is 35.6 Å². The maximum atomic E-state index is 13.2. The van der Waals surface area contributed by atoms with E-state index in [0.717, 1.165) is 25.3 Å². The van der Waals surface area contributed by atoms with Gasteiger partial charge >= 0.3 is 0 Å². The summed E-state index contributed by atoms with van der Waals surface area (Å²) in [6, 6.07) is 8.74. The number of anilines is 4. The summed E-state index contributed by atoms with van der Waals surface area (Å²) in [4.78, 5) is 13.4. The number of hydrogen-bond donors (Lipinski definition) is 3. The summed E-state index contributed by atoms with van der Waals surface area (Å²) < 4.78 is 13.2. The third kappa shape index (κ3) is 4.71. The number of rotatable bonds is 8. The normalized spacial score (nSPS) is 16.3. The first-order valence-electron chi connectivity index (χ1n) is 10.3. The zero-order valence-corrected chi connectivity index (χ0v) is 16.8. The number of nitrogens with zero attached hydrogens (tertiary/aromatic N) is 5. The van der Waals surface area contributed by atoms with Gasteiger partial charge in [-0.05, 0) is 43.0 Å². The van der Waals surface area contributed by atoms with E-state index in [0.29, 0.717) is 48.7 Å². The van der Waals surface area contributed by atoms with Gasteiger partial charge in [0.25, 0.3) is 0 Å². The zero-order valence-electron chi connectivity index (χ0n) is 16.8. The molecule has 30 heavy (non-hydrogen) atoms. The van der Waals surface area contributed by atoms with Gasteiger partial charge in [-0.2, -0.15) is 15.2 Å². The fourth-order valence-electron chi connectivity index (χ4n) is 3.55. The van der Waals surface area contributed by atoms with Crippen LogP contribution in [-0.2, 0) is 0 Å². The van der Waals surface area contributed by atoms with E-state index in [2.05, 4.69) is 36.5 Å². The fourth-order valence-corrected chi connectivity index (χ4v) is 3.55. The summed E-state index contributed by atoms with van der Waals surface area (Å²) in [6.45, 7) is 3.94. The standard InChI is InChI=1S/C21H26FN7O/c22-16-3-5-17(6-4-16)28-8-10-29(11-9-28)20-18(13-23)19(24-7-12-30)26-21(27-20)25-14-15-1-2-15/h3-6,15,30H,1-2,7-12,14H2,(H2,24,25,26,27). The lowest BCUT2D eigenvalue weighted by molar-refractivity contribution is 0.311. The third-order valence-corrected chi connectivity index (χ3v) is 5.42. The molecular formula is C21H26FN7O. The monoisotopic (exact) mass is 411 g/mol. The van der Waals surface area contributed by atoms with Gasteiger partial charge < -0.3 is 25.5 Å². The molecule has 0 amide bonds. The highest BCUT2D eigenvalue weighted by atomic mass is 19.1. The number of aromatic nitrogens is 2. The van der Waals surface area contributed by atoms with E-state index in [4.69, 9.17) is 0 Å². The van der Waals surface area contributed by atoms with Crippen molar-refractivity contribution in [1.29, 1.82) is 5.26 Å². The van der Waals surface area contributed by atoms with Crippen LogP contribution in [0.25, 0.3) is 0 Å². The molecule has 0 bridgehead atoms. The van der Waals surface area contributed by atoms with Crippen molar-refractivity contribution in [3.63, 3.8) is 0 Å². The predicted molar refractivity (Wildman–Crippen MR) is 114 cm³/mol. The van der Waals surface area contributed by atoms with E-state index < -0.39 is 0 Å². The smallest absolute Gasteiger partial charge is 0.226 e. The lowest BCUT2D eigenvalue weighted by Gasteiger charge is -2.37. The largest absolute Gasteiger partial charge is 0.395 e. The first-order valence-corrected chi connectivity index (χ1v) is 10.3. The summed E-state index contributed by atoms with van der Waals surface area (Å²) >= 11 is 0. The lowest BCUT2D eigenvalue weighted by atomic mass is 10.2. The molecule has 2 aromatic rings. The molecule has 2 heterocycles. The summed E-state index contributed by atoms with van der Waals surface area (Å²) in [5.74, 6) is 1.96. The molecule has 8 nitrogen and oxygen atoms in total. The van der Waals surface area contributed by atoms with Crippen molar-refractivity contribution in [3.8, 4) is 6.07 Å². The molecule has 4 rings (SSSR count). The van der Waals surface area contributed by atoms with Crippen molar-refractivity contribution in [2.75, 3.05) is 66.3 Å². The van der Waals surface area contributed by atoms with Gasteiger partial charge in [0.05, 0.1) is 6.61 Å². The molecule has 2 fully saturated rings. The Bertz CT molecular complexity index is 903. The van der Waals surface area contributed by atoms with Crippen LogP contribution in [0.2, 0.25) is 0 Å². The van der Waals surface area contributed by atoms with Crippen LogP contribution >= 0.6 is 0 Å². The van der Waals surface area contributed by atoms with Gasteiger partial charge in [-0.3, -0.25) is 0 Å². The second-order valence-electron chi connectivity index (χ2n) is 7.63. The highest BCUT2D eigenvalue weighted by Gasteiger charge is 2.25. The molecule has 1 aliphatic heterocycles. The van der Waals surface area contributed by atoms with Crippen LogP contribution in [0.3, 0.4) is 0 Å². The minimum atomic E-state index is -0.244. The predicted octanol–water partition coefficient (Wildman–Crippen LogP) is 2.04. The number of aliphatic hydroxyl groups is 1. The van der Waals surface area contributed by atoms with Crippen molar-refractivity contribution in [2.24, 2.45) is 5.92 Å². The number of aliphatic hydroxyl groups excluding tert-OH is 1. The zero-order chi connectivity index (χ0) is 20.9. The van der Waals surface area contributed by atoms with Crippen LogP contribution in [0.5, 0.6) is 0 Å². The molecule has 1 saturated carbocycles. The Morgan fingerprint density at radius 3 is 2.40 bits per heavy atom. The lowest BCUT2D eigenvalue weighted by Crippen LogP contribution is -2.47. The maximum Gasteiger partial charge on any atom is 0.226 e. The van der Waals surface area contributed by atoms with E-state index in [-0.39, 0.29) is 12.4 Å². The topological polar surface area (TPSA) is 100 Å². The molecule has 0 radical (unpaired) electrons. The Labute approximate surface area is 175 Å². The highest BCUT2D eigenvalue weighted by Crippen LogP contribution is 2.30. The number of piperazine rings is 1. The Kier molecular flexibility index (Phi) is 6.14. The molecule has 1 saturated heterocycles. The second kappa shape index (κ2) is 9.13. The minimum Gasteiger partial charge on any atom is -0.395 e. The molecule has 2 aliphatic rings. The Morgan fingerprint density at radius 2 is 1.77 bits per heavy atom. The molecule has 1 aromatic carbocycles. The molecule has 9 heteroatoms. The average Bonchev–Trinajstić information content (AvgIpc) is 3.61. The van der Waals surface area contributed by atoms with Crippen molar-refractivity contribution >= 4 is 23.3 Å². The Balaban J connectivity index is 1.53. The number of hydrogen-bond acceptors (Lipinski definition) is 8. The van der Waals surface area contributed by atoms with E-state index in [1.807, 2.05) is 0 Å². The summed E-state index contributed by atoms with van der Waals surface area (Å²) in [6.07, 6.45) is 2.44. The van der Waals surface area contributed by atoms with E-state index in [1.54, 1.807) is 12.1 Å². The molecular weight excluding hydrogens is 385 g/mol. The summed E-state index contributed by atoms with van der Waals surface area (Å²) in [5.41, 5.74) is 1.37. The Morgan fingerprint density at radius 1 is 1.07 bits per heavy atom. The van der Waals surface area contributed by atoms with Gasteiger partial charge in [-0.15, -0.1) is 0 Å². The van der Waals surface area contributed by atoms with E-state index in [9.17, 15) is 14.8 Å². The van der Waals surface area contributed by atoms with Gasteiger partial charge in [0.15, 0.2) is 11.6 Å². The highest BCUT2D eigenvalue weighted by molar-refractivity contribution is 5.68. The minimum absolute atomic E-state index is 0.0502. The van der Waals surface area contributed by atoms with Crippen LogP contribution in [0.15, 0.2) is 24.3 Å². The SMILES string of the molecule is N#Cc1c(NCCO)nc(NCC2CC2)nc1N1CCN(c2ccc(F)cc2)CC1. The molecule has 0 spiro atoms. The molecule has 0 unspecified atom stereocenters. The first kappa shape index (κ1) is 20.2. The van der Waals surface area contributed by atoms with Crippen LogP contribution < -0.4 is 20.4 Å². The maximum absolute atomic E-state index is 13.2. The van der Waals surface area contributed by atoms with Crippen LogP contribution in [0, 0.1) is 23.1 Å². The molecule has 158 valence electrons.